The van der Waals surface area contributed by atoms with E-state index in [0.29, 0.717) is 0 Å². The minimum absolute atomic E-state index is 0.209. The number of rotatable bonds is 3. The Morgan fingerprint density at radius 2 is 1.13 bits per heavy atom. The molecule has 214 valence electrons. The molecule has 46 heavy (non-hydrogen) atoms. The molecule has 8 aromatic carbocycles. The first-order valence-electron chi connectivity index (χ1n) is 18.0. The molecule has 0 amide bonds. The lowest BCUT2D eigenvalue weighted by Gasteiger charge is -2.35. The van der Waals surface area contributed by atoms with Crippen molar-refractivity contribution in [1.82, 2.24) is 0 Å². The summed E-state index contributed by atoms with van der Waals surface area (Å²) in [6.45, 7) is 0. The standard InChI is InChI=1S/C45H28O/c1-2-14-31(15-3-1)45(39-22-10-13-29-12-4-5-16-33(29)39)40-21-8-6-17-34(40)35-25-24-30(28-41(35)45)32-26-27-43-44-37(32)19-11-20-38(44)36-18-7-9-23-42(36)46-43/h1-28H/i1D,2D,3D,14D,15D. The Labute approximate surface area is 275 Å². The Kier molecular flexibility index (Phi) is 4.34. The van der Waals surface area contributed by atoms with E-state index in [1.54, 1.807) is 0 Å². The van der Waals surface area contributed by atoms with Crippen molar-refractivity contribution in [2.75, 3.05) is 0 Å². The van der Waals surface area contributed by atoms with Crippen molar-refractivity contribution in [1.29, 1.82) is 0 Å². The van der Waals surface area contributed by atoms with Gasteiger partial charge in [0, 0.05) is 10.9 Å². The van der Waals surface area contributed by atoms with E-state index in [4.69, 9.17) is 8.85 Å². The molecule has 8 aromatic rings. The van der Waals surface area contributed by atoms with E-state index in [1.807, 2.05) is 54.6 Å². The third-order valence-electron chi connectivity index (χ3n) is 9.82. The lowest BCUT2D eigenvalue weighted by molar-refractivity contribution is 0.487. The average Bonchev–Trinajstić information content (AvgIpc) is 3.46. The molecule has 10 rings (SSSR count). The molecule has 1 nitrogen and oxygen atoms in total. The van der Waals surface area contributed by atoms with E-state index >= 15 is 0 Å². The molecule has 1 heteroatoms. The summed E-state index contributed by atoms with van der Waals surface area (Å²) in [7, 11) is 0. The number of benzene rings is 8. The fourth-order valence-corrected chi connectivity index (χ4v) is 7.96. The highest BCUT2D eigenvalue weighted by Crippen LogP contribution is 2.58. The Bertz CT molecular complexity index is 2770. The summed E-state index contributed by atoms with van der Waals surface area (Å²) in [5.74, 6) is 1.64. The van der Waals surface area contributed by atoms with Crippen LogP contribution in [0.15, 0.2) is 170 Å². The molecule has 1 heterocycles. The Balaban J connectivity index is 1.34. The molecule has 2 aliphatic rings. The van der Waals surface area contributed by atoms with Gasteiger partial charge in [-0.2, -0.15) is 0 Å². The molecule has 1 aliphatic heterocycles. The molecular weight excluding hydrogens is 556 g/mol. The lowest BCUT2D eigenvalue weighted by atomic mass is 9.66. The van der Waals surface area contributed by atoms with Gasteiger partial charge < -0.3 is 4.74 Å². The first-order chi connectivity index (χ1) is 24.9. The van der Waals surface area contributed by atoms with E-state index in [2.05, 4.69) is 84.9 Å². The fourth-order valence-electron chi connectivity index (χ4n) is 7.96. The maximum absolute atomic E-state index is 9.44. The van der Waals surface area contributed by atoms with Gasteiger partial charge in [-0.25, -0.2) is 0 Å². The minimum Gasteiger partial charge on any atom is -0.456 e. The van der Waals surface area contributed by atoms with Crippen LogP contribution in [0.2, 0.25) is 0 Å². The lowest BCUT2D eigenvalue weighted by Crippen LogP contribution is -2.29. The minimum atomic E-state index is -1.23. The van der Waals surface area contributed by atoms with Gasteiger partial charge in [-0.3, -0.25) is 0 Å². The molecule has 0 saturated heterocycles. The van der Waals surface area contributed by atoms with Crippen LogP contribution in [0.5, 0.6) is 11.5 Å². The van der Waals surface area contributed by atoms with Crippen molar-refractivity contribution in [2.24, 2.45) is 0 Å². The summed E-state index contributed by atoms with van der Waals surface area (Å²) >= 11 is 0. The number of fused-ring (bicyclic) bond motifs is 6. The van der Waals surface area contributed by atoms with Crippen LogP contribution in [0.4, 0.5) is 0 Å². The van der Waals surface area contributed by atoms with Gasteiger partial charge in [0.15, 0.2) is 0 Å². The Hall–Kier alpha value is -5.92. The topological polar surface area (TPSA) is 9.23 Å². The molecule has 0 spiro atoms. The van der Waals surface area contributed by atoms with Gasteiger partial charge in [0.1, 0.15) is 11.5 Å². The predicted molar refractivity (Wildman–Crippen MR) is 190 cm³/mol. The quantitative estimate of drug-likeness (QED) is 0.199. The normalized spacial score (nSPS) is 17.2. The Morgan fingerprint density at radius 3 is 2.07 bits per heavy atom. The van der Waals surface area contributed by atoms with Gasteiger partial charge in [-0.1, -0.05) is 152 Å². The second kappa shape index (κ2) is 9.54. The summed E-state index contributed by atoms with van der Waals surface area (Å²) in [5.41, 5.74) is 7.72. The van der Waals surface area contributed by atoms with E-state index in [1.165, 1.54) is 0 Å². The number of hydrogen-bond donors (Lipinski definition) is 0. The van der Waals surface area contributed by atoms with Crippen molar-refractivity contribution < 1.29 is 11.6 Å². The van der Waals surface area contributed by atoms with Crippen LogP contribution in [-0.2, 0) is 5.41 Å². The van der Waals surface area contributed by atoms with E-state index in [9.17, 15) is 2.74 Å². The number of ether oxygens (including phenoxy) is 1. The summed E-state index contributed by atoms with van der Waals surface area (Å²) in [4.78, 5) is 0. The largest absolute Gasteiger partial charge is 0.456 e. The van der Waals surface area contributed by atoms with Crippen molar-refractivity contribution in [2.45, 2.75) is 5.41 Å². The molecule has 1 atom stereocenters. The van der Waals surface area contributed by atoms with Gasteiger partial charge in [0.25, 0.3) is 0 Å². The molecule has 1 aliphatic carbocycles. The molecule has 0 fully saturated rings. The third-order valence-corrected chi connectivity index (χ3v) is 9.82. The predicted octanol–water partition coefficient (Wildman–Crippen LogP) is 11.8. The van der Waals surface area contributed by atoms with Crippen LogP contribution in [0.25, 0.3) is 54.9 Å². The van der Waals surface area contributed by atoms with Crippen LogP contribution in [0, 0.1) is 0 Å². The van der Waals surface area contributed by atoms with E-state index < -0.39 is 11.5 Å². The summed E-state index contributed by atoms with van der Waals surface area (Å²) in [5, 5.41) is 4.06. The molecule has 0 saturated carbocycles. The zero-order chi connectivity index (χ0) is 34.6. The van der Waals surface area contributed by atoms with Crippen LogP contribution >= 0.6 is 0 Å². The van der Waals surface area contributed by atoms with Crippen LogP contribution in [-0.4, -0.2) is 0 Å². The first kappa shape index (κ1) is 20.9. The van der Waals surface area contributed by atoms with Crippen LogP contribution < -0.4 is 4.74 Å². The van der Waals surface area contributed by atoms with Gasteiger partial charge in [-0.05, 0) is 84.4 Å². The highest BCUT2D eigenvalue weighted by atomic mass is 16.5. The molecule has 0 bridgehead atoms. The summed E-state index contributed by atoms with van der Waals surface area (Å²) in [6.07, 6.45) is 0. The fraction of sp³-hybridized carbons (Fsp3) is 0.0222. The smallest absolute Gasteiger partial charge is 0.135 e. The number of hydrogen-bond acceptors (Lipinski definition) is 1. The average molecular weight is 590 g/mol. The van der Waals surface area contributed by atoms with Crippen LogP contribution in [0.3, 0.4) is 0 Å². The molecule has 1 unspecified atom stereocenters. The second-order valence-corrected chi connectivity index (χ2v) is 12.0. The first-order valence-corrected chi connectivity index (χ1v) is 15.5. The monoisotopic (exact) mass is 589 g/mol. The molecule has 0 aromatic heterocycles. The molecular formula is C45H28O. The molecule has 0 radical (unpaired) electrons. The highest BCUT2D eigenvalue weighted by Gasteiger charge is 2.47. The molecule has 0 N–H and O–H groups in total. The zero-order valence-electron chi connectivity index (χ0n) is 29.7. The maximum Gasteiger partial charge on any atom is 0.135 e. The van der Waals surface area contributed by atoms with E-state index in [0.717, 1.165) is 83.1 Å². The summed E-state index contributed by atoms with van der Waals surface area (Å²) in [6, 6.07) is 45.8. The van der Waals surface area contributed by atoms with Crippen molar-refractivity contribution in [3.8, 4) is 44.9 Å². The van der Waals surface area contributed by atoms with Crippen molar-refractivity contribution in [3.05, 3.63) is 192 Å². The maximum atomic E-state index is 9.44. The number of para-hydroxylation sites is 1. The van der Waals surface area contributed by atoms with Crippen LogP contribution in [0.1, 0.15) is 29.1 Å². The van der Waals surface area contributed by atoms with Gasteiger partial charge in [0.2, 0.25) is 0 Å². The zero-order valence-corrected chi connectivity index (χ0v) is 24.7. The van der Waals surface area contributed by atoms with Crippen molar-refractivity contribution in [3.63, 3.8) is 0 Å². The van der Waals surface area contributed by atoms with Gasteiger partial charge in [0.05, 0.1) is 12.3 Å². The van der Waals surface area contributed by atoms with Gasteiger partial charge in [-0.15, -0.1) is 0 Å². The SMILES string of the molecule is [2H]c1c([2H])c([2H])c(C2(c3cccc4ccccc34)c3ccccc3-c3ccc(-c4ccc5c6c(cccc46)-c4ccccc4O5)cc32)c([2H])c1[2H]. The second-order valence-electron chi connectivity index (χ2n) is 12.0. The van der Waals surface area contributed by atoms with E-state index in [-0.39, 0.29) is 29.7 Å². The highest BCUT2D eigenvalue weighted by molar-refractivity contribution is 6.10. The Morgan fingerprint density at radius 1 is 0.457 bits per heavy atom. The van der Waals surface area contributed by atoms with Gasteiger partial charge >= 0.3 is 0 Å². The summed E-state index contributed by atoms with van der Waals surface area (Å²) < 4.78 is 51.5. The third kappa shape index (κ3) is 3.35. The van der Waals surface area contributed by atoms with Crippen molar-refractivity contribution >= 4 is 21.5 Å².